The molecule has 1 aromatic carbocycles. The van der Waals surface area contributed by atoms with Crippen LogP contribution in [0, 0.1) is 29.6 Å². The highest BCUT2D eigenvalue weighted by Gasteiger charge is 2.15. The molecule has 0 aliphatic rings. The van der Waals surface area contributed by atoms with Gasteiger partial charge in [0.25, 0.3) is 0 Å². The van der Waals surface area contributed by atoms with E-state index >= 15 is 0 Å². The maximum absolute atomic E-state index is 12.0. The van der Waals surface area contributed by atoms with Gasteiger partial charge in [-0.15, -0.1) is 0 Å². The minimum atomic E-state index is -0.246. The summed E-state index contributed by atoms with van der Waals surface area (Å²) in [5.41, 5.74) is 2.83. The minimum absolute atomic E-state index is 0.0701. The van der Waals surface area contributed by atoms with Gasteiger partial charge in [-0.1, -0.05) is 25.8 Å². The summed E-state index contributed by atoms with van der Waals surface area (Å²) in [6.45, 7) is 7.70. The Labute approximate surface area is 174 Å². The topological polar surface area (TPSA) is 86.3 Å². The molecule has 6 heteroatoms. The lowest BCUT2D eigenvalue weighted by Crippen LogP contribution is -2.36. The van der Waals surface area contributed by atoms with Crippen LogP contribution in [0.2, 0.25) is 0 Å². The van der Waals surface area contributed by atoms with Crippen LogP contribution in [-0.2, 0) is 14.3 Å². The molecule has 0 saturated heterocycles. The van der Waals surface area contributed by atoms with Crippen molar-refractivity contribution in [2.24, 2.45) is 0 Å². The fourth-order valence-electron chi connectivity index (χ4n) is 2.94. The van der Waals surface area contributed by atoms with Crippen molar-refractivity contribution in [3.05, 3.63) is 34.9 Å². The Morgan fingerprint density at radius 3 is 2.59 bits per heavy atom. The first-order valence-corrected chi connectivity index (χ1v) is 10.0. The second-order valence-electron chi connectivity index (χ2n) is 7.02. The van der Waals surface area contributed by atoms with Crippen LogP contribution in [0.3, 0.4) is 0 Å². The van der Waals surface area contributed by atoms with Crippen molar-refractivity contribution in [1.82, 2.24) is 0 Å². The van der Waals surface area contributed by atoms with E-state index in [4.69, 9.17) is 20.0 Å². The molecule has 1 rings (SSSR count). The molecule has 0 aromatic heterocycles. The van der Waals surface area contributed by atoms with Gasteiger partial charge in [-0.3, -0.25) is 4.79 Å². The van der Waals surface area contributed by atoms with Crippen LogP contribution in [0.5, 0.6) is 0 Å². The number of carbonyl (C=O) groups excluding carboxylic acids is 1. The van der Waals surface area contributed by atoms with Gasteiger partial charge < -0.3 is 14.4 Å². The number of esters is 1. The number of hydrogen-bond donors (Lipinski definition) is 0. The molecule has 1 aromatic rings. The Hall–Kier alpha value is -2.83. The number of hydrogen-bond acceptors (Lipinski definition) is 6. The Balaban J connectivity index is 2.88. The number of methoxy groups -OCH3 is 1. The number of benzene rings is 1. The molecule has 0 N–H and O–H groups in total. The van der Waals surface area contributed by atoms with E-state index < -0.39 is 0 Å². The van der Waals surface area contributed by atoms with Crippen LogP contribution in [0.25, 0.3) is 6.08 Å². The lowest BCUT2D eigenvalue weighted by atomic mass is 10.0. The highest BCUT2D eigenvalue weighted by atomic mass is 16.5. The molecule has 6 nitrogen and oxygen atoms in total. The SMILES string of the molecule is CCCCCC(=O)OC(C)CN(CCOC)c1ccc(C=C(C#N)C#N)c(C)c1. The first-order valence-electron chi connectivity index (χ1n) is 10.0. The van der Waals surface area contributed by atoms with Crippen molar-refractivity contribution in [2.75, 3.05) is 31.7 Å². The third-order valence-electron chi connectivity index (χ3n) is 4.52. The van der Waals surface area contributed by atoms with Crippen molar-refractivity contribution in [1.29, 1.82) is 10.5 Å². The van der Waals surface area contributed by atoms with Gasteiger partial charge in [-0.25, -0.2) is 0 Å². The first kappa shape index (κ1) is 24.2. The van der Waals surface area contributed by atoms with E-state index in [9.17, 15) is 4.79 Å². The normalized spacial score (nSPS) is 11.1. The van der Waals surface area contributed by atoms with E-state index in [-0.39, 0.29) is 17.6 Å². The molecule has 0 radical (unpaired) electrons. The van der Waals surface area contributed by atoms with Crippen molar-refractivity contribution in [2.45, 2.75) is 52.6 Å². The molecule has 0 aliphatic heterocycles. The van der Waals surface area contributed by atoms with Crippen molar-refractivity contribution in [3.8, 4) is 12.1 Å². The van der Waals surface area contributed by atoms with Gasteiger partial charge in [0.15, 0.2) is 0 Å². The predicted octanol–water partition coefficient (Wildman–Crippen LogP) is 4.39. The number of aryl methyl sites for hydroxylation is 1. The summed E-state index contributed by atoms with van der Waals surface area (Å²) in [6, 6.07) is 9.59. The lowest BCUT2D eigenvalue weighted by Gasteiger charge is -2.28. The molecule has 1 unspecified atom stereocenters. The fraction of sp³-hybridized carbons (Fsp3) is 0.522. The summed E-state index contributed by atoms with van der Waals surface area (Å²) < 4.78 is 10.8. The zero-order chi connectivity index (χ0) is 21.6. The highest BCUT2D eigenvalue weighted by molar-refractivity contribution is 5.69. The number of ether oxygens (including phenoxy) is 2. The summed E-state index contributed by atoms with van der Waals surface area (Å²) in [4.78, 5) is 14.1. The number of unbranched alkanes of at least 4 members (excludes halogenated alkanes) is 2. The summed E-state index contributed by atoms with van der Waals surface area (Å²) >= 11 is 0. The van der Waals surface area contributed by atoms with E-state index in [0.717, 1.165) is 36.1 Å². The molecule has 0 amide bonds. The maximum atomic E-state index is 12.0. The molecule has 0 heterocycles. The van der Waals surface area contributed by atoms with Crippen molar-refractivity contribution < 1.29 is 14.3 Å². The second-order valence-corrected chi connectivity index (χ2v) is 7.02. The molecule has 29 heavy (non-hydrogen) atoms. The molecule has 0 spiro atoms. The Morgan fingerprint density at radius 1 is 1.28 bits per heavy atom. The summed E-state index contributed by atoms with van der Waals surface area (Å²) in [5, 5.41) is 17.9. The lowest BCUT2D eigenvalue weighted by molar-refractivity contribution is -0.147. The van der Waals surface area contributed by atoms with E-state index in [1.165, 1.54) is 0 Å². The zero-order valence-corrected chi connectivity index (χ0v) is 17.9. The maximum Gasteiger partial charge on any atom is 0.306 e. The van der Waals surface area contributed by atoms with Crippen LogP contribution in [0.4, 0.5) is 5.69 Å². The number of rotatable bonds is 12. The van der Waals surface area contributed by atoms with Gasteiger partial charge in [0.1, 0.15) is 23.8 Å². The van der Waals surface area contributed by atoms with E-state index in [1.807, 2.05) is 44.2 Å². The Morgan fingerprint density at radius 2 is 2.00 bits per heavy atom. The molecule has 1 atom stereocenters. The zero-order valence-electron chi connectivity index (χ0n) is 17.9. The van der Waals surface area contributed by atoms with Gasteiger partial charge in [-0.2, -0.15) is 10.5 Å². The third-order valence-corrected chi connectivity index (χ3v) is 4.52. The monoisotopic (exact) mass is 397 g/mol. The largest absolute Gasteiger partial charge is 0.461 e. The fourth-order valence-corrected chi connectivity index (χ4v) is 2.94. The standard InChI is InChI=1S/C23H31N3O3/c1-5-6-7-8-23(27)29-19(3)17-26(11-12-28-4)22-10-9-21(18(2)13-22)14-20(15-24)16-25/h9-10,13-14,19H,5-8,11-12,17H2,1-4H3. The average molecular weight is 398 g/mol. The van der Waals surface area contributed by atoms with Crippen LogP contribution in [-0.4, -0.2) is 38.9 Å². The number of carbonyl (C=O) groups is 1. The summed E-state index contributed by atoms with van der Waals surface area (Å²) in [5.74, 6) is -0.158. The van der Waals surface area contributed by atoms with Crippen LogP contribution < -0.4 is 4.90 Å². The predicted molar refractivity (Wildman–Crippen MR) is 114 cm³/mol. The van der Waals surface area contributed by atoms with E-state index in [2.05, 4.69) is 11.8 Å². The third kappa shape index (κ3) is 8.81. The number of nitrogens with zero attached hydrogens (tertiary/aromatic N) is 3. The van der Waals surface area contributed by atoms with Crippen LogP contribution >= 0.6 is 0 Å². The van der Waals surface area contributed by atoms with Gasteiger partial charge in [0.05, 0.1) is 13.2 Å². The van der Waals surface area contributed by atoms with Crippen molar-refractivity contribution in [3.63, 3.8) is 0 Å². The molecule has 0 aliphatic carbocycles. The minimum Gasteiger partial charge on any atom is -0.461 e. The average Bonchev–Trinajstić information content (AvgIpc) is 2.70. The molecular weight excluding hydrogens is 366 g/mol. The molecular formula is C23H31N3O3. The molecule has 0 saturated carbocycles. The van der Waals surface area contributed by atoms with Gasteiger partial charge in [-0.05, 0) is 49.6 Å². The van der Waals surface area contributed by atoms with Gasteiger partial charge in [0, 0.05) is 25.8 Å². The first-order chi connectivity index (χ1) is 13.9. The highest BCUT2D eigenvalue weighted by Crippen LogP contribution is 2.22. The van der Waals surface area contributed by atoms with E-state index in [1.54, 1.807) is 13.2 Å². The summed E-state index contributed by atoms with van der Waals surface area (Å²) in [6.07, 6.45) is 4.75. The Kier molecular flexibility index (Phi) is 11.2. The van der Waals surface area contributed by atoms with Crippen LogP contribution in [0.1, 0.15) is 50.7 Å². The Bertz CT molecular complexity index is 759. The molecule has 0 bridgehead atoms. The molecule has 156 valence electrons. The quantitative estimate of drug-likeness (QED) is 0.295. The van der Waals surface area contributed by atoms with Gasteiger partial charge >= 0.3 is 5.97 Å². The smallest absolute Gasteiger partial charge is 0.306 e. The van der Waals surface area contributed by atoms with E-state index in [0.29, 0.717) is 26.1 Å². The number of allylic oxidation sites excluding steroid dienone is 1. The van der Waals surface area contributed by atoms with Crippen LogP contribution in [0.15, 0.2) is 23.8 Å². The van der Waals surface area contributed by atoms with Crippen molar-refractivity contribution >= 4 is 17.7 Å². The molecule has 0 fully saturated rings. The van der Waals surface area contributed by atoms with Gasteiger partial charge in [0.2, 0.25) is 0 Å². The number of nitriles is 2. The number of anilines is 1. The summed E-state index contributed by atoms with van der Waals surface area (Å²) in [7, 11) is 1.65. The second kappa shape index (κ2) is 13.4.